The summed E-state index contributed by atoms with van der Waals surface area (Å²) in [7, 11) is -3.69. The second kappa shape index (κ2) is 5.65. The zero-order valence-electron chi connectivity index (χ0n) is 7.60. The van der Waals surface area contributed by atoms with Crippen LogP contribution in [0.1, 0.15) is 5.56 Å². The summed E-state index contributed by atoms with van der Waals surface area (Å²) >= 11 is 0. The van der Waals surface area contributed by atoms with Gasteiger partial charge in [-0.25, -0.2) is 8.42 Å². The van der Waals surface area contributed by atoms with Gasteiger partial charge in [-0.15, -0.1) is 0 Å². The topological polar surface area (TPSA) is 71.4 Å². The third-order valence-electron chi connectivity index (χ3n) is 1.74. The molecule has 0 saturated heterocycles. The van der Waals surface area contributed by atoms with Crippen molar-refractivity contribution in [3.8, 4) is 0 Å². The van der Waals surface area contributed by atoms with Crippen LogP contribution in [0.5, 0.6) is 0 Å². The van der Waals surface area contributed by atoms with Gasteiger partial charge in [0.05, 0.1) is 4.90 Å². The Morgan fingerprint density at radius 2 is 1.87 bits per heavy atom. The number of benzene rings is 1. The van der Waals surface area contributed by atoms with Crippen molar-refractivity contribution in [2.75, 3.05) is 5.75 Å². The summed E-state index contributed by atoms with van der Waals surface area (Å²) in [5, 5.41) is 8.42. The van der Waals surface area contributed by atoms with E-state index < -0.39 is 21.6 Å². The van der Waals surface area contributed by atoms with Gasteiger partial charge in [0.2, 0.25) is 0 Å². The van der Waals surface area contributed by atoms with Crippen molar-refractivity contribution in [3.05, 3.63) is 29.8 Å². The number of rotatable bonds is 3. The first-order valence-electron chi connectivity index (χ1n) is 3.93. The van der Waals surface area contributed by atoms with Crippen LogP contribution in [0.2, 0.25) is 0 Å². The maximum absolute atomic E-state index is 11.5. The molecule has 0 aromatic heterocycles. The molecule has 0 atom stereocenters. The van der Waals surface area contributed by atoms with E-state index in [0.717, 1.165) is 0 Å². The molecule has 0 aliphatic carbocycles. The Morgan fingerprint density at radius 3 is 2.33 bits per heavy atom. The SMILES string of the molecule is Cc1ccccc1S(=O)(=O)CC(=O)O.[NaH]. The monoisotopic (exact) mass is 238 g/mol. The molecule has 0 radical (unpaired) electrons. The van der Waals surface area contributed by atoms with Gasteiger partial charge in [0, 0.05) is 0 Å². The number of carbonyl (C=O) groups is 1. The van der Waals surface area contributed by atoms with Crippen molar-refractivity contribution in [2.45, 2.75) is 11.8 Å². The molecular weight excluding hydrogens is 227 g/mol. The third kappa shape index (κ3) is 3.95. The van der Waals surface area contributed by atoms with Crippen molar-refractivity contribution in [1.29, 1.82) is 0 Å². The van der Waals surface area contributed by atoms with E-state index in [1.807, 2.05) is 0 Å². The third-order valence-corrected chi connectivity index (χ3v) is 3.50. The van der Waals surface area contributed by atoms with Gasteiger partial charge in [0.15, 0.2) is 15.6 Å². The van der Waals surface area contributed by atoms with Crippen molar-refractivity contribution in [1.82, 2.24) is 0 Å². The summed E-state index contributed by atoms with van der Waals surface area (Å²) < 4.78 is 23.0. The maximum atomic E-state index is 11.5. The molecule has 0 unspecified atom stereocenters. The predicted molar refractivity (Wildman–Crippen MR) is 58.0 cm³/mol. The molecular formula is C9H11NaO4S. The van der Waals surface area contributed by atoms with Crippen molar-refractivity contribution < 1.29 is 18.3 Å². The predicted octanol–water partition coefficient (Wildman–Crippen LogP) is 0.205. The normalized spacial score (nSPS) is 10.5. The number of hydrogen-bond acceptors (Lipinski definition) is 3. The summed E-state index contributed by atoms with van der Waals surface area (Å²) in [5.74, 6) is -2.20. The number of carboxylic acid groups (broad SMARTS) is 1. The minimum absolute atomic E-state index is 0. The Morgan fingerprint density at radius 1 is 1.33 bits per heavy atom. The van der Waals surface area contributed by atoms with Crippen LogP contribution in [0.25, 0.3) is 0 Å². The van der Waals surface area contributed by atoms with Gasteiger partial charge in [-0.2, -0.15) is 0 Å². The van der Waals surface area contributed by atoms with Crippen LogP contribution in [0.3, 0.4) is 0 Å². The molecule has 1 rings (SSSR count). The molecule has 0 aliphatic rings. The van der Waals surface area contributed by atoms with Crippen LogP contribution in [0.15, 0.2) is 29.2 Å². The van der Waals surface area contributed by atoms with Crippen molar-refractivity contribution in [3.63, 3.8) is 0 Å². The van der Waals surface area contributed by atoms with Crippen LogP contribution < -0.4 is 0 Å². The minimum atomic E-state index is -3.69. The van der Waals surface area contributed by atoms with E-state index >= 15 is 0 Å². The van der Waals surface area contributed by atoms with Gasteiger partial charge in [-0.1, -0.05) is 18.2 Å². The average Bonchev–Trinajstić information content (AvgIpc) is 2.02. The van der Waals surface area contributed by atoms with Crippen LogP contribution in [0, 0.1) is 6.92 Å². The number of sulfone groups is 1. The van der Waals surface area contributed by atoms with E-state index in [9.17, 15) is 13.2 Å². The molecule has 0 heterocycles. The molecule has 0 amide bonds. The number of carboxylic acids is 1. The fraction of sp³-hybridized carbons (Fsp3) is 0.222. The quantitative estimate of drug-likeness (QED) is 0.764. The second-order valence-corrected chi connectivity index (χ2v) is 4.88. The molecule has 0 spiro atoms. The van der Waals surface area contributed by atoms with Gasteiger partial charge < -0.3 is 5.11 Å². The van der Waals surface area contributed by atoms with Crippen molar-refractivity contribution in [2.24, 2.45) is 0 Å². The second-order valence-electron chi connectivity index (χ2n) is 2.92. The molecule has 0 aliphatic heterocycles. The average molecular weight is 238 g/mol. The molecule has 1 aromatic rings. The Kier molecular flexibility index (Phi) is 5.51. The Hall–Kier alpha value is -0.360. The van der Waals surface area contributed by atoms with E-state index in [0.29, 0.717) is 5.56 Å². The molecule has 0 saturated carbocycles. The summed E-state index contributed by atoms with van der Waals surface area (Å²) in [5.41, 5.74) is 0.564. The van der Waals surface area contributed by atoms with E-state index in [1.54, 1.807) is 25.1 Å². The Balaban J connectivity index is 0.00000196. The van der Waals surface area contributed by atoms with Gasteiger partial charge in [0.25, 0.3) is 0 Å². The van der Waals surface area contributed by atoms with Crippen LogP contribution >= 0.6 is 0 Å². The Bertz CT molecular complexity index is 453. The fourth-order valence-corrected chi connectivity index (χ4v) is 2.47. The molecule has 1 N–H and O–H groups in total. The molecule has 15 heavy (non-hydrogen) atoms. The van der Waals surface area contributed by atoms with E-state index in [2.05, 4.69) is 0 Å². The van der Waals surface area contributed by atoms with E-state index in [1.165, 1.54) is 6.07 Å². The summed E-state index contributed by atoms with van der Waals surface area (Å²) in [6.07, 6.45) is 0. The van der Waals surface area contributed by atoms with Crippen molar-refractivity contribution >= 4 is 45.4 Å². The van der Waals surface area contributed by atoms with Gasteiger partial charge in [-0.3, -0.25) is 4.79 Å². The first kappa shape index (κ1) is 14.6. The molecule has 78 valence electrons. The van der Waals surface area contributed by atoms with Gasteiger partial charge in [0.1, 0.15) is 0 Å². The van der Waals surface area contributed by atoms with Crippen LogP contribution in [-0.4, -0.2) is 54.8 Å². The Labute approximate surface area is 111 Å². The molecule has 1 aromatic carbocycles. The molecule has 0 fully saturated rings. The first-order valence-corrected chi connectivity index (χ1v) is 5.59. The summed E-state index contributed by atoms with van der Waals surface area (Å²) in [6.45, 7) is 1.63. The number of aliphatic carboxylic acids is 1. The fourth-order valence-electron chi connectivity index (χ4n) is 1.15. The zero-order valence-corrected chi connectivity index (χ0v) is 8.41. The number of aryl methyl sites for hydroxylation is 1. The molecule has 4 nitrogen and oxygen atoms in total. The molecule has 0 bridgehead atoms. The summed E-state index contributed by atoms with van der Waals surface area (Å²) in [6, 6.07) is 6.32. The van der Waals surface area contributed by atoms with Gasteiger partial charge >= 0.3 is 35.5 Å². The van der Waals surface area contributed by atoms with E-state index in [-0.39, 0.29) is 34.5 Å². The molecule has 6 heteroatoms. The van der Waals surface area contributed by atoms with Crippen LogP contribution in [0.4, 0.5) is 0 Å². The standard InChI is InChI=1S/C9H10O4S.Na.H/c1-7-4-2-3-5-8(7)14(12,13)6-9(10)11;;/h2-5H,6H2,1H3,(H,10,11);;. The van der Waals surface area contributed by atoms with Gasteiger partial charge in [-0.05, 0) is 18.6 Å². The van der Waals surface area contributed by atoms with E-state index in [4.69, 9.17) is 5.11 Å². The summed E-state index contributed by atoms with van der Waals surface area (Å²) in [4.78, 5) is 10.4. The zero-order chi connectivity index (χ0) is 10.8. The first-order chi connectivity index (χ1) is 6.43. The van der Waals surface area contributed by atoms with Crippen LogP contribution in [-0.2, 0) is 14.6 Å². The number of hydrogen-bond donors (Lipinski definition) is 1.